The summed E-state index contributed by atoms with van der Waals surface area (Å²) < 4.78 is 0.776. The van der Waals surface area contributed by atoms with Gasteiger partial charge < -0.3 is 4.98 Å². The van der Waals surface area contributed by atoms with Crippen LogP contribution in [0.5, 0.6) is 0 Å². The lowest BCUT2D eigenvalue weighted by molar-refractivity contribution is 1.39. The molecule has 0 aliphatic heterocycles. The van der Waals surface area contributed by atoms with Crippen LogP contribution in [0.3, 0.4) is 0 Å². The molecule has 4 aromatic rings. The SMILES string of the molecule is S=c1[nH]c2cc3ncccc3cc2c2ccccc12. The summed E-state index contributed by atoms with van der Waals surface area (Å²) in [5.41, 5.74) is 2.02. The molecule has 0 fully saturated rings. The fourth-order valence-electron chi connectivity index (χ4n) is 2.55. The van der Waals surface area contributed by atoms with Crippen LogP contribution in [0.4, 0.5) is 0 Å². The monoisotopic (exact) mass is 262 g/mol. The number of fused-ring (bicyclic) bond motifs is 4. The zero-order valence-electron chi connectivity index (χ0n) is 10.1. The molecule has 90 valence electrons. The molecule has 0 atom stereocenters. The highest BCUT2D eigenvalue weighted by atomic mass is 32.1. The van der Waals surface area contributed by atoms with E-state index in [0.29, 0.717) is 0 Å². The molecular weight excluding hydrogens is 252 g/mol. The Morgan fingerprint density at radius 2 is 1.74 bits per heavy atom. The smallest absolute Gasteiger partial charge is 0.111 e. The van der Waals surface area contributed by atoms with Crippen molar-refractivity contribution in [2.45, 2.75) is 0 Å². The molecular formula is C16H10N2S. The topological polar surface area (TPSA) is 28.7 Å². The second kappa shape index (κ2) is 3.87. The minimum absolute atomic E-state index is 0.776. The third-order valence-corrected chi connectivity index (χ3v) is 3.77. The van der Waals surface area contributed by atoms with Crippen LogP contribution in [0.2, 0.25) is 0 Å². The Hall–Kier alpha value is -2.26. The highest BCUT2D eigenvalue weighted by Crippen LogP contribution is 2.27. The molecule has 2 nitrogen and oxygen atoms in total. The van der Waals surface area contributed by atoms with Gasteiger partial charge in [0, 0.05) is 27.9 Å². The maximum absolute atomic E-state index is 5.43. The normalized spacial score (nSPS) is 11.4. The van der Waals surface area contributed by atoms with Crippen molar-refractivity contribution >= 4 is 44.8 Å². The van der Waals surface area contributed by atoms with Gasteiger partial charge in [-0.2, -0.15) is 0 Å². The third-order valence-electron chi connectivity index (χ3n) is 3.45. The van der Waals surface area contributed by atoms with Gasteiger partial charge in [0.2, 0.25) is 0 Å². The quantitative estimate of drug-likeness (QED) is 0.285. The lowest BCUT2D eigenvalue weighted by atomic mass is 10.0. The standard InChI is InChI=1S/C16H10N2S/c19-16-12-6-2-1-5-11(12)13-8-10-4-3-7-17-14(10)9-15(13)18-16/h1-9H,(H,18,19). The van der Waals surface area contributed by atoms with Crippen molar-refractivity contribution in [2.24, 2.45) is 0 Å². The molecule has 1 N–H and O–H groups in total. The first-order chi connectivity index (χ1) is 9.33. The first kappa shape index (κ1) is 10.6. The first-order valence-electron chi connectivity index (χ1n) is 6.12. The number of aromatic nitrogens is 2. The van der Waals surface area contributed by atoms with E-state index in [9.17, 15) is 0 Å². The van der Waals surface area contributed by atoms with E-state index in [1.54, 1.807) is 0 Å². The van der Waals surface area contributed by atoms with Crippen LogP contribution in [0.1, 0.15) is 0 Å². The van der Waals surface area contributed by atoms with Crippen molar-refractivity contribution in [1.29, 1.82) is 0 Å². The van der Waals surface area contributed by atoms with Gasteiger partial charge in [0.25, 0.3) is 0 Å². The van der Waals surface area contributed by atoms with E-state index in [2.05, 4.69) is 40.3 Å². The molecule has 3 heteroatoms. The van der Waals surface area contributed by atoms with Crippen LogP contribution in [-0.4, -0.2) is 9.97 Å². The second-order valence-corrected chi connectivity index (χ2v) is 5.00. The molecule has 4 rings (SSSR count). The van der Waals surface area contributed by atoms with Crippen molar-refractivity contribution in [3.8, 4) is 0 Å². The Kier molecular flexibility index (Phi) is 2.17. The summed E-state index contributed by atoms with van der Waals surface area (Å²) in [7, 11) is 0. The van der Waals surface area contributed by atoms with Gasteiger partial charge in [-0.25, -0.2) is 0 Å². The van der Waals surface area contributed by atoms with Crippen LogP contribution in [0.25, 0.3) is 32.6 Å². The number of pyridine rings is 2. The number of benzene rings is 2. The van der Waals surface area contributed by atoms with Gasteiger partial charge in [-0.15, -0.1) is 0 Å². The highest BCUT2D eigenvalue weighted by Gasteiger charge is 2.04. The number of rotatable bonds is 0. The zero-order chi connectivity index (χ0) is 12.8. The first-order valence-corrected chi connectivity index (χ1v) is 6.53. The van der Waals surface area contributed by atoms with E-state index < -0.39 is 0 Å². The molecule has 2 aromatic carbocycles. The minimum atomic E-state index is 0.776. The Bertz CT molecular complexity index is 986. The van der Waals surface area contributed by atoms with Crippen molar-refractivity contribution in [3.05, 3.63) is 59.4 Å². The van der Waals surface area contributed by atoms with Gasteiger partial charge in [0.05, 0.1) is 5.52 Å². The Balaban J connectivity index is 2.32. The van der Waals surface area contributed by atoms with E-state index in [4.69, 9.17) is 12.2 Å². The minimum Gasteiger partial charge on any atom is -0.346 e. The summed E-state index contributed by atoms with van der Waals surface area (Å²) in [6, 6.07) is 16.5. The zero-order valence-corrected chi connectivity index (χ0v) is 10.9. The molecule has 2 aromatic heterocycles. The lowest BCUT2D eigenvalue weighted by Crippen LogP contribution is -1.86. The molecule has 0 spiro atoms. The molecule has 0 aliphatic carbocycles. The number of hydrogen-bond donors (Lipinski definition) is 1. The average molecular weight is 262 g/mol. The van der Waals surface area contributed by atoms with Crippen LogP contribution in [-0.2, 0) is 0 Å². The van der Waals surface area contributed by atoms with Crippen molar-refractivity contribution in [2.75, 3.05) is 0 Å². The number of hydrogen-bond acceptors (Lipinski definition) is 2. The summed E-state index contributed by atoms with van der Waals surface area (Å²) in [4.78, 5) is 7.69. The van der Waals surface area contributed by atoms with Gasteiger partial charge in [-0.05, 0) is 23.6 Å². The molecule has 0 radical (unpaired) electrons. The number of nitrogens with zero attached hydrogens (tertiary/aromatic N) is 1. The molecule has 0 bridgehead atoms. The van der Waals surface area contributed by atoms with Gasteiger partial charge in [0.15, 0.2) is 0 Å². The van der Waals surface area contributed by atoms with Gasteiger partial charge in [-0.3, -0.25) is 4.98 Å². The highest BCUT2D eigenvalue weighted by molar-refractivity contribution is 7.71. The molecule has 19 heavy (non-hydrogen) atoms. The summed E-state index contributed by atoms with van der Waals surface area (Å²) in [5.74, 6) is 0. The number of aromatic amines is 1. The lowest BCUT2D eigenvalue weighted by Gasteiger charge is -2.06. The Labute approximate surface area is 114 Å². The molecule has 0 aliphatic rings. The van der Waals surface area contributed by atoms with Crippen molar-refractivity contribution in [1.82, 2.24) is 9.97 Å². The van der Waals surface area contributed by atoms with Crippen LogP contribution in [0.15, 0.2) is 54.7 Å². The maximum atomic E-state index is 5.43. The van der Waals surface area contributed by atoms with Crippen LogP contribution < -0.4 is 0 Å². The van der Waals surface area contributed by atoms with Crippen LogP contribution in [0, 0.1) is 4.64 Å². The molecule has 2 heterocycles. The molecule has 0 saturated carbocycles. The Morgan fingerprint density at radius 3 is 2.63 bits per heavy atom. The fraction of sp³-hybridized carbons (Fsp3) is 0. The predicted molar refractivity (Wildman–Crippen MR) is 81.9 cm³/mol. The average Bonchev–Trinajstić information content (AvgIpc) is 2.46. The van der Waals surface area contributed by atoms with Gasteiger partial charge in [0.1, 0.15) is 4.64 Å². The molecule has 0 amide bonds. The summed E-state index contributed by atoms with van der Waals surface area (Å²) >= 11 is 5.43. The van der Waals surface area contributed by atoms with Gasteiger partial charge in [-0.1, -0.05) is 42.5 Å². The summed E-state index contributed by atoms with van der Waals surface area (Å²) in [5, 5.41) is 4.61. The summed E-state index contributed by atoms with van der Waals surface area (Å²) in [6.45, 7) is 0. The number of H-pyrrole nitrogens is 1. The molecule has 0 unspecified atom stereocenters. The number of nitrogens with one attached hydrogen (secondary N) is 1. The van der Waals surface area contributed by atoms with E-state index in [1.807, 2.05) is 24.4 Å². The van der Waals surface area contributed by atoms with E-state index >= 15 is 0 Å². The van der Waals surface area contributed by atoms with E-state index in [0.717, 1.165) is 26.4 Å². The molecule has 0 saturated heterocycles. The van der Waals surface area contributed by atoms with Crippen molar-refractivity contribution < 1.29 is 0 Å². The maximum Gasteiger partial charge on any atom is 0.111 e. The second-order valence-electron chi connectivity index (χ2n) is 4.59. The van der Waals surface area contributed by atoms with Crippen molar-refractivity contribution in [3.63, 3.8) is 0 Å². The fourth-order valence-corrected chi connectivity index (χ4v) is 2.84. The van der Waals surface area contributed by atoms with Gasteiger partial charge >= 0.3 is 0 Å². The van der Waals surface area contributed by atoms with E-state index in [-0.39, 0.29) is 0 Å². The summed E-state index contributed by atoms with van der Waals surface area (Å²) in [6.07, 6.45) is 1.81. The largest absolute Gasteiger partial charge is 0.346 e. The van der Waals surface area contributed by atoms with Crippen LogP contribution >= 0.6 is 12.2 Å². The van der Waals surface area contributed by atoms with E-state index in [1.165, 1.54) is 10.8 Å². The Morgan fingerprint density at radius 1 is 0.895 bits per heavy atom. The third kappa shape index (κ3) is 1.55. The predicted octanol–water partition coefficient (Wildman–Crippen LogP) is 4.60.